The molecular weight excluding hydrogens is 414 g/mol. The Morgan fingerprint density at radius 1 is 1.16 bits per heavy atom. The molecule has 31 heavy (non-hydrogen) atoms. The quantitative estimate of drug-likeness (QED) is 0.521. The van der Waals surface area contributed by atoms with E-state index in [0.717, 1.165) is 27.7 Å². The Morgan fingerprint density at radius 2 is 1.94 bits per heavy atom. The molecule has 160 valence electrons. The summed E-state index contributed by atoms with van der Waals surface area (Å²) < 4.78 is 0. The molecule has 7 nitrogen and oxygen atoms in total. The Hall–Kier alpha value is -2.92. The number of fused-ring (bicyclic) bond motifs is 1. The highest BCUT2D eigenvalue weighted by Crippen LogP contribution is 2.34. The molecule has 0 amide bonds. The Morgan fingerprint density at radius 3 is 2.61 bits per heavy atom. The summed E-state index contributed by atoms with van der Waals surface area (Å²) in [6, 6.07) is 11.4. The number of halogens is 1. The average molecular weight is 438 g/mol. The second-order valence-corrected chi connectivity index (χ2v) is 8.43. The van der Waals surface area contributed by atoms with E-state index in [1.165, 1.54) is 0 Å². The summed E-state index contributed by atoms with van der Waals surface area (Å²) in [5.41, 5.74) is 1.54. The van der Waals surface area contributed by atoms with Gasteiger partial charge in [-0.05, 0) is 43.0 Å². The number of rotatable bonds is 5. The van der Waals surface area contributed by atoms with E-state index in [1.54, 1.807) is 6.07 Å². The van der Waals surface area contributed by atoms with E-state index in [0.29, 0.717) is 49.0 Å². The maximum Gasteiger partial charge on any atom is 0.188 e. The molecule has 2 aromatic carbocycles. The lowest BCUT2D eigenvalue weighted by molar-refractivity contribution is -0.0326. The van der Waals surface area contributed by atoms with Gasteiger partial charge in [0.15, 0.2) is 17.3 Å². The summed E-state index contributed by atoms with van der Waals surface area (Å²) in [7, 11) is 0. The van der Waals surface area contributed by atoms with Gasteiger partial charge in [0.1, 0.15) is 0 Å². The van der Waals surface area contributed by atoms with Crippen LogP contribution >= 0.6 is 11.6 Å². The molecule has 0 saturated carbocycles. The second-order valence-electron chi connectivity index (χ2n) is 8.02. The zero-order valence-electron chi connectivity index (χ0n) is 17.3. The van der Waals surface area contributed by atoms with Crippen molar-refractivity contribution in [1.29, 1.82) is 0 Å². The van der Waals surface area contributed by atoms with Gasteiger partial charge in [0.05, 0.1) is 18.8 Å². The van der Waals surface area contributed by atoms with E-state index in [4.69, 9.17) is 18.2 Å². The largest absolute Gasteiger partial charge is 0.393 e. The summed E-state index contributed by atoms with van der Waals surface area (Å²) in [5.74, 6) is 1.32. The van der Waals surface area contributed by atoms with E-state index in [1.807, 2.05) is 37.3 Å². The number of hydrogen-bond donors (Lipinski definition) is 3. The molecule has 0 radical (unpaired) electrons. The molecule has 8 heteroatoms. The summed E-state index contributed by atoms with van der Waals surface area (Å²) in [4.78, 5) is 5.63. The smallest absolute Gasteiger partial charge is 0.188 e. The molecule has 1 aromatic heterocycles. The number of anilines is 2. The maximum absolute atomic E-state index is 10.3. The van der Waals surface area contributed by atoms with Crippen molar-refractivity contribution in [2.45, 2.75) is 31.9 Å². The van der Waals surface area contributed by atoms with Crippen LogP contribution in [0.4, 0.5) is 17.3 Å². The van der Waals surface area contributed by atoms with Gasteiger partial charge in [0.2, 0.25) is 0 Å². The van der Waals surface area contributed by atoms with Gasteiger partial charge in [-0.3, -0.25) is 0 Å². The third kappa shape index (κ3) is 4.42. The van der Waals surface area contributed by atoms with Crippen molar-refractivity contribution in [3.63, 3.8) is 0 Å². The molecule has 0 unspecified atom stereocenters. The van der Waals surface area contributed by atoms with Crippen molar-refractivity contribution in [3.8, 4) is 0 Å². The first-order valence-corrected chi connectivity index (χ1v) is 10.6. The lowest BCUT2D eigenvalue weighted by atomic mass is 9.92. The van der Waals surface area contributed by atoms with Crippen LogP contribution < -0.4 is 10.2 Å². The second kappa shape index (κ2) is 8.67. The van der Waals surface area contributed by atoms with Crippen LogP contribution in [0.5, 0.6) is 0 Å². The summed E-state index contributed by atoms with van der Waals surface area (Å²) in [5, 5.41) is 34.4. The highest BCUT2D eigenvalue weighted by atomic mass is 35.5. The number of nitrogens with zero attached hydrogens (tertiary/aromatic N) is 4. The van der Waals surface area contributed by atoms with E-state index in [9.17, 15) is 10.2 Å². The number of benzene rings is 2. The topological polar surface area (TPSA) is 85.9 Å². The van der Waals surface area contributed by atoms with Crippen LogP contribution in [0, 0.1) is 13.5 Å². The standard InChI is InChI=1S/C23H24ClN5O2/c1-15-3-4-16(11-20(15)24)13-26-21-19-12-17(25-2)5-6-18(19)22(28-27-21)29-9-7-23(31,14-30)8-10-29/h3-6,11-12,30-31H,7-10,13-14H2,1H3,(H,26,27). The average Bonchev–Trinajstić information content (AvgIpc) is 2.80. The molecule has 0 bridgehead atoms. The number of aromatic nitrogens is 2. The highest BCUT2D eigenvalue weighted by molar-refractivity contribution is 6.31. The minimum atomic E-state index is -1.03. The fourth-order valence-electron chi connectivity index (χ4n) is 3.79. The summed E-state index contributed by atoms with van der Waals surface area (Å²) >= 11 is 6.24. The van der Waals surface area contributed by atoms with Gasteiger partial charge >= 0.3 is 0 Å². The van der Waals surface area contributed by atoms with Crippen LogP contribution in [0.2, 0.25) is 5.02 Å². The lowest BCUT2D eigenvalue weighted by Crippen LogP contribution is -2.47. The minimum absolute atomic E-state index is 0.243. The van der Waals surface area contributed by atoms with Gasteiger partial charge in [0, 0.05) is 35.4 Å². The molecule has 0 aliphatic carbocycles. The Kier molecular flexibility index (Phi) is 5.96. The van der Waals surface area contributed by atoms with Gasteiger partial charge in [-0.1, -0.05) is 35.9 Å². The lowest BCUT2D eigenvalue weighted by Gasteiger charge is -2.37. The van der Waals surface area contributed by atoms with Gasteiger partial charge < -0.3 is 20.4 Å². The maximum atomic E-state index is 10.3. The molecule has 0 atom stereocenters. The van der Waals surface area contributed by atoms with Crippen molar-refractivity contribution in [2.75, 3.05) is 29.9 Å². The minimum Gasteiger partial charge on any atom is -0.393 e. The zero-order chi connectivity index (χ0) is 22.0. The van der Waals surface area contributed by atoms with Crippen LogP contribution in [-0.4, -0.2) is 45.7 Å². The van der Waals surface area contributed by atoms with Gasteiger partial charge in [0.25, 0.3) is 0 Å². The predicted molar refractivity (Wildman–Crippen MR) is 123 cm³/mol. The molecule has 1 saturated heterocycles. The summed E-state index contributed by atoms with van der Waals surface area (Å²) in [6.07, 6.45) is 0.919. The number of hydrogen-bond acceptors (Lipinski definition) is 6. The van der Waals surface area contributed by atoms with Crippen LogP contribution in [-0.2, 0) is 6.54 Å². The normalized spacial score (nSPS) is 15.6. The Balaban J connectivity index is 1.65. The number of aryl methyl sites for hydroxylation is 1. The SMILES string of the molecule is [C-]#[N+]c1ccc2c(N3CCC(O)(CO)CC3)nnc(NCc3ccc(C)c(Cl)c3)c2c1. The molecule has 3 N–H and O–H groups in total. The van der Waals surface area contributed by atoms with Crippen LogP contribution in [0.15, 0.2) is 36.4 Å². The Bertz CT molecular complexity index is 1150. The zero-order valence-corrected chi connectivity index (χ0v) is 18.0. The first-order chi connectivity index (χ1) is 14.9. The molecule has 4 rings (SSSR count). The molecule has 0 spiro atoms. The van der Waals surface area contributed by atoms with Crippen LogP contribution in [0.3, 0.4) is 0 Å². The van der Waals surface area contributed by atoms with Gasteiger partial charge in [-0.2, -0.15) is 0 Å². The summed E-state index contributed by atoms with van der Waals surface area (Å²) in [6.45, 7) is 10.8. The molecule has 1 fully saturated rings. The van der Waals surface area contributed by atoms with Crippen molar-refractivity contribution < 1.29 is 10.2 Å². The monoisotopic (exact) mass is 437 g/mol. The van der Waals surface area contributed by atoms with Crippen LogP contribution in [0.25, 0.3) is 15.6 Å². The first kappa shape index (κ1) is 21.3. The van der Waals surface area contributed by atoms with Crippen molar-refractivity contribution in [3.05, 3.63) is 64.0 Å². The van der Waals surface area contributed by atoms with Crippen molar-refractivity contribution in [2.24, 2.45) is 0 Å². The third-order valence-electron chi connectivity index (χ3n) is 5.86. The van der Waals surface area contributed by atoms with Gasteiger partial charge in [-0.15, -0.1) is 10.2 Å². The first-order valence-electron chi connectivity index (χ1n) is 10.2. The molecular formula is C23H24ClN5O2. The number of aliphatic hydroxyl groups excluding tert-OH is 1. The predicted octanol–water partition coefficient (Wildman–Crippen LogP) is 4.08. The fraction of sp³-hybridized carbons (Fsp3) is 0.348. The molecule has 1 aliphatic heterocycles. The van der Waals surface area contributed by atoms with E-state index in [-0.39, 0.29) is 6.61 Å². The van der Waals surface area contributed by atoms with E-state index >= 15 is 0 Å². The van der Waals surface area contributed by atoms with E-state index in [2.05, 4.69) is 25.3 Å². The molecule has 1 aliphatic rings. The fourth-order valence-corrected chi connectivity index (χ4v) is 3.99. The van der Waals surface area contributed by atoms with Crippen molar-refractivity contribution in [1.82, 2.24) is 10.2 Å². The third-order valence-corrected chi connectivity index (χ3v) is 6.26. The van der Waals surface area contributed by atoms with Crippen molar-refractivity contribution >= 4 is 39.7 Å². The van der Waals surface area contributed by atoms with E-state index < -0.39 is 5.60 Å². The molecule has 2 heterocycles. The number of aliphatic hydroxyl groups is 2. The molecule has 3 aromatic rings. The highest BCUT2D eigenvalue weighted by Gasteiger charge is 2.32. The Labute approximate surface area is 186 Å². The number of nitrogens with one attached hydrogen (secondary N) is 1. The number of piperidine rings is 1. The van der Waals surface area contributed by atoms with Gasteiger partial charge in [-0.25, -0.2) is 4.85 Å². The van der Waals surface area contributed by atoms with Crippen LogP contribution in [0.1, 0.15) is 24.0 Å².